The summed E-state index contributed by atoms with van der Waals surface area (Å²) in [6.07, 6.45) is 0. The molecule has 54 heavy (non-hydrogen) atoms. The van der Waals surface area contributed by atoms with E-state index < -0.39 is 0 Å². The Morgan fingerprint density at radius 2 is 0.778 bits per heavy atom. The largest absolute Gasteiger partial charge is 0.311 e. The molecule has 0 unspecified atom stereocenters. The van der Waals surface area contributed by atoms with Gasteiger partial charge < -0.3 is 9.47 Å². The predicted molar refractivity (Wildman–Crippen MR) is 229 cm³/mol. The summed E-state index contributed by atoms with van der Waals surface area (Å²) in [6.45, 7) is 0. The van der Waals surface area contributed by atoms with Crippen molar-refractivity contribution in [1.29, 1.82) is 0 Å². The topological polar surface area (TPSA) is 8.17 Å². The number of nitrogens with zero attached hydrogens (tertiary/aromatic N) is 2. The fraction of sp³-hybridized carbons (Fsp3) is 0. The Kier molecular flexibility index (Phi) is 7.85. The van der Waals surface area contributed by atoms with Gasteiger partial charge in [-0.05, 0) is 105 Å². The van der Waals surface area contributed by atoms with Crippen LogP contribution in [0.25, 0.3) is 71.6 Å². The molecule has 10 rings (SSSR count). The van der Waals surface area contributed by atoms with Gasteiger partial charge >= 0.3 is 0 Å². The first-order valence-electron chi connectivity index (χ1n) is 18.5. The van der Waals surface area contributed by atoms with Crippen molar-refractivity contribution in [2.75, 3.05) is 4.90 Å². The lowest BCUT2D eigenvalue weighted by molar-refractivity contribution is 1.18. The number of para-hydroxylation sites is 2. The number of aromatic nitrogens is 1. The Morgan fingerprint density at radius 1 is 0.296 bits per heavy atom. The zero-order valence-corrected chi connectivity index (χ0v) is 29.7. The summed E-state index contributed by atoms with van der Waals surface area (Å²) >= 11 is 0. The summed E-state index contributed by atoms with van der Waals surface area (Å²) in [4.78, 5) is 2.32. The maximum atomic E-state index is 2.41. The van der Waals surface area contributed by atoms with E-state index in [1.807, 2.05) is 0 Å². The Labute approximate surface area is 315 Å². The summed E-state index contributed by atoms with van der Waals surface area (Å²) in [5.41, 5.74) is 14.1. The van der Waals surface area contributed by atoms with Crippen molar-refractivity contribution >= 4 is 49.6 Å². The molecule has 0 radical (unpaired) electrons. The number of fused-ring (bicyclic) bond motifs is 5. The fourth-order valence-corrected chi connectivity index (χ4v) is 7.96. The highest BCUT2D eigenvalue weighted by Gasteiger charge is 2.16. The molecule has 254 valence electrons. The van der Waals surface area contributed by atoms with Crippen LogP contribution < -0.4 is 4.90 Å². The second-order valence-corrected chi connectivity index (χ2v) is 13.8. The van der Waals surface area contributed by atoms with Gasteiger partial charge in [-0.2, -0.15) is 0 Å². The monoisotopic (exact) mass is 688 g/mol. The molecule has 0 aliphatic heterocycles. The Balaban J connectivity index is 0.984. The van der Waals surface area contributed by atoms with Gasteiger partial charge in [0.05, 0.1) is 11.0 Å². The first-order chi connectivity index (χ1) is 26.8. The summed E-state index contributed by atoms with van der Waals surface area (Å²) in [5.74, 6) is 0. The van der Waals surface area contributed by atoms with Crippen LogP contribution in [0.1, 0.15) is 0 Å². The summed E-state index contributed by atoms with van der Waals surface area (Å²) in [6, 6.07) is 78.7. The molecule has 2 nitrogen and oxygen atoms in total. The van der Waals surface area contributed by atoms with Gasteiger partial charge in [-0.3, -0.25) is 0 Å². The molecular formula is C52H36N2. The highest BCUT2D eigenvalue weighted by molar-refractivity contribution is 6.21. The van der Waals surface area contributed by atoms with Crippen LogP contribution in [0.5, 0.6) is 0 Å². The molecule has 0 spiro atoms. The molecule has 0 saturated carbocycles. The quantitative estimate of drug-likeness (QED) is 0.162. The van der Waals surface area contributed by atoms with Crippen molar-refractivity contribution in [3.8, 4) is 39.1 Å². The summed E-state index contributed by atoms with van der Waals surface area (Å²) in [7, 11) is 0. The summed E-state index contributed by atoms with van der Waals surface area (Å²) < 4.78 is 2.41. The maximum absolute atomic E-state index is 2.41. The van der Waals surface area contributed by atoms with E-state index in [0.29, 0.717) is 0 Å². The molecule has 0 saturated heterocycles. The Hall–Kier alpha value is -7.16. The normalized spacial score (nSPS) is 11.3. The van der Waals surface area contributed by atoms with Gasteiger partial charge in [-0.1, -0.05) is 158 Å². The third-order valence-corrected chi connectivity index (χ3v) is 10.6. The zero-order valence-electron chi connectivity index (χ0n) is 29.7. The number of rotatable bonds is 7. The molecule has 0 aliphatic rings. The average molecular weight is 689 g/mol. The second-order valence-electron chi connectivity index (χ2n) is 13.8. The van der Waals surface area contributed by atoms with E-state index in [1.54, 1.807) is 0 Å². The Bertz CT molecular complexity index is 2890. The molecule has 0 N–H and O–H groups in total. The minimum atomic E-state index is 1.11. The third kappa shape index (κ3) is 5.62. The van der Waals surface area contributed by atoms with Crippen molar-refractivity contribution in [3.05, 3.63) is 218 Å². The van der Waals surface area contributed by atoms with Crippen molar-refractivity contribution in [2.24, 2.45) is 0 Å². The van der Waals surface area contributed by atoms with Crippen LogP contribution in [-0.2, 0) is 0 Å². The Morgan fingerprint density at radius 3 is 1.44 bits per heavy atom. The first kappa shape index (κ1) is 31.6. The molecule has 0 atom stereocenters. The lowest BCUT2D eigenvalue weighted by Gasteiger charge is -2.26. The van der Waals surface area contributed by atoms with Gasteiger partial charge in [-0.15, -0.1) is 0 Å². The van der Waals surface area contributed by atoms with E-state index in [0.717, 1.165) is 22.7 Å². The number of hydrogen-bond donors (Lipinski definition) is 0. The van der Waals surface area contributed by atoms with Gasteiger partial charge in [0.15, 0.2) is 0 Å². The molecule has 10 aromatic rings. The zero-order chi connectivity index (χ0) is 35.8. The van der Waals surface area contributed by atoms with Crippen LogP contribution in [-0.4, -0.2) is 4.57 Å². The van der Waals surface area contributed by atoms with E-state index in [4.69, 9.17) is 0 Å². The van der Waals surface area contributed by atoms with Crippen LogP contribution in [0.4, 0.5) is 17.1 Å². The standard InChI is InChI=1S/C52H36N2/c1-3-12-37(13-4-1)38-22-24-39(25-23-38)40-26-31-45(32-27-40)53(44-16-5-2-6-17-44)46-33-28-41(29-34-46)43-15-11-18-47(36-43)54-50-21-10-9-20-49(50)52-48-19-8-7-14-42(48)30-35-51(52)54/h1-36H. The smallest absolute Gasteiger partial charge is 0.0547 e. The third-order valence-electron chi connectivity index (χ3n) is 10.6. The van der Waals surface area contributed by atoms with E-state index >= 15 is 0 Å². The fourth-order valence-electron chi connectivity index (χ4n) is 7.96. The van der Waals surface area contributed by atoms with E-state index in [2.05, 4.69) is 228 Å². The van der Waals surface area contributed by atoms with Crippen LogP contribution in [0.15, 0.2) is 218 Å². The highest BCUT2D eigenvalue weighted by atomic mass is 15.1. The van der Waals surface area contributed by atoms with Crippen LogP contribution >= 0.6 is 0 Å². The van der Waals surface area contributed by atoms with Gasteiger partial charge in [0.25, 0.3) is 0 Å². The van der Waals surface area contributed by atoms with Crippen molar-refractivity contribution in [3.63, 3.8) is 0 Å². The van der Waals surface area contributed by atoms with Gasteiger partial charge in [-0.25, -0.2) is 0 Å². The van der Waals surface area contributed by atoms with Crippen LogP contribution in [0.3, 0.4) is 0 Å². The molecular weight excluding hydrogens is 653 g/mol. The van der Waals surface area contributed by atoms with Crippen LogP contribution in [0, 0.1) is 0 Å². The number of anilines is 3. The van der Waals surface area contributed by atoms with E-state index in [-0.39, 0.29) is 0 Å². The molecule has 2 heteroatoms. The summed E-state index contributed by atoms with van der Waals surface area (Å²) in [5, 5.41) is 5.12. The number of benzene rings is 9. The molecule has 0 bridgehead atoms. The minimum Gasteiger partial charge on any atom is -0.311 e. The molecule has 0 amide bonds. The molecule has 9 aromatic carbocycles. The first-order valence-corrected chi connectivity index (χ1v) is 18.5. The van der Waals surface area contributed by atoms with Crippen molar-refractivity contribution < 1.29 is 0 Å². The molecule has 1 aromatic heterocycles. The van der Waals surface area contributed by atoms with Gasteiger partial charge in [0.1, 0.15) is 0 Å². The van der Waals surface area contributed by atoms with Crippen LogP contribution in [0.2, 0.25) is 0 Å². The highest BCUT2D eigenvalue weighted by Crippen LogP contribution is 2.39. The molecule has 0 aliphatic carbocycles. The predicted octanol–water partition coefficient (Wildman–Crippen LogP) is 14.4. The molecule has 1 heterocycles. The second kappa shape index (κ2) is 13.4. The SMILES string of the molecule is c1ccc(-c2ccc(-c3ccc(N(c4ccccc4)c4ccc(-c5cccc(-n6c7ccccc7c7c8ccccc8ccc76)c5)cc4)cc3)cc2)cc1. The van der Waals surface area contributed by atoms with Gasteiger partial charge in [0, 0.05) is 33.5 Å². The lowest BCUT2D eigenvalue weighted by Crippen LogP contribution is -2.09. The van der Waals surface area contributed by atoms with E-state index in [1.165, 1.54) is 66.0 Å². The average Bonchev–Trinajstić information content (AvgIpc) is 3.60. The van der Waals surface area contributed by atoms with Gasteiger partial charge in [0.2, 0.25) is 0 Å². The van der Waals surface area contributed by atoms with Crippen molar-refractivity contribution in [1.82, 2.24) is 4.57 Å². The van der Waals surface area contributed by atoms with Crippen molar-refractivity contribution in [2.45, 2.75) is 0 Å². The molecule has 0 fully saturated rings. The van der Waals surface area contributed by atoms with E-state index in [9.17, 15) is 0 Å². The minimum absolute atomic E-state index is 1.11. The lowest BCUT2D eigenvalue weighted by atomic mass is 10.00. The maximum Gasteiger partial charge on any atom is 0.0547 e. The number of hydrogen-bond acceptors (Lipinski definition) is 1.